The second-order valence-corrected chi connectivity index (χ2v) is 6.16. The molecule has 0 spiro atoms. The van der Waals surface area contributed by atoms with Crippen molar-refractivity contribution < 1.29 is 14.6 Å². The van der Waals surface area contributed by atoms with Crippen molar-refractivity contribution in [3.63, 3.8) is 0 Å². The van der Waals surface area contributed by atoms with Gasteiger partial charge < -0.3 is 20.9 Å². The highest BCUT2D eigenvalue weighted by Crippen LogP contribution is 2.20. The molecule has 1 amide bonds. The predicted molar refractivity (Wildman–Crippen MR) is 74.7 cm³/mol. The van der Waals surface area contributed by atoms with E-state index in [0.717, 1.165) is 12.8 Å². The van der Waals surface area contributed by atoms with Gasteiger partial charge in [-0.05, 0) is 26.7 Å². The summed E-state index contributed by atoms with van der Waals surface area (Å²) in [4.78, 5) is 10.9. The maximum atomic E-state index is 10.9. The van der Waals surface area contributed by atoms with E-state index in [1.54, 1.807) is 0 Å². The van der Waals surface area contributed by atoms with E-state index >= 15 is 0 Å². The first-order valence-electron chi connectivity index (χ1n) is 7.22. The molecule has 1 saturated carbocycles. The van der Waals surface area contributed by atoms with Crippen LogP contribution in [-0.4, -0.2) is 41.9 Å². The Hall–Kier alpha value is -0.650. The molecule has 0 saturated heterocycles. The maximum Gasteiger partial charge on any atom is 0.219 e. The van der Waals surface area contributed by atoms with Crippen LogP contribution in [0.4, 0.5) is 0 Å². The summed E-state index contributed by atoms with van der Waals surface area (Å²) in [6, 6.07) is 0. The van der Waals surface area contributed by atoms with Crippen molar-refractivity contribution in [2.24, 2.45) is 5.73 Å². The number of carbonyl (C=O) groups excluding carboxylic acids is 1. The van der Waals surface area contributed by atoms with Gasteiger partial charge in [0.25, 0.3) is 0 Å². The zero-order valence-corrected chi connectivity index (χ0v) is 12.2. The SMILES string of the molecule is CC(C)(CC(N)=O)NCC(O)COC1CCCCC1. The van der Waals surface area contributed by atoms with Gasteiger partial charge in [-0.25, -0.2) is 0 Å². The summed E-state index contributed by atoms with van der Waals surface area (Å²) < 4.78 is 5.71. The minimum atomic E-state index is -0.547. The van der Waals surface area contributed by atoms with Gasteiger partial charge in [0.15, 0.2) is 0 Å². The van der Waals surface area contributed by atoms with Gasteiger partial charge in [-0.2, -0.15) is 0 Å². The van der Waals surface area contributed by atoms with Crippen molar-refractivity contribution in [1.29, 1.82) is 0 Å². The molecule has 0 aromatic heterocycles. The van der Waals surface area contributed by atoms with Crippen molar-refractivity contribution in [3.8, 4) is 0 Å². The number of aliphatic hydroxyl groups excluding tert-OH is 1. The third-order valence-corrected chi connectivity index (χ3v) is 3.51. The van der Waals surface area contributed by atoms with E-state index in [1.807, 2.05) is 13.8 Å². The Morgan fingerprint density at radius 2 is 2.05 bits per heavy atom. The lowest BCUT2D eigenvalue weighted by Crippen LogP contribution is -2.46. The molecule has 1 fully saturated rings. The van der Waals surface area contributed by atoms with Gasteiger partial charge in [-0.1, -0.05) is 19.3 Å². The third-order valence-electron chi connectivity index (χ3n) is 3.51. The Kier molecular flexibility index (Phi) is 6.75. The van der Waals surface area contributed by atoms with Crippen molar-refractivity contribution in [2.75, 3.05) is 13.2 Å². The number of aliphatic hydroxyl groups is 1. The second-order valence-electron chi connectivity index (χ2n) is 6.16. The van der Waals surface area contributed by atoms with Crippen molar-refractivity contribution in [3.05, 3.63) is 0 Å². The first kappa shape index (κ1) is 16.4. The van der Waals surface area contributed by atoms with Crippen molar-refractivity contribution in [2.45, 2.75) is 70.1 Å². The number of ether oxygens (including phenoxy) is 1. The van der Waals surface area contributed by atoms with Crippen molar-refractivity contribution in [1.82, 2.24) is 5.32 Å². The molecule has 112 valence electrons. The smallest absolute Gasteiger partial charge is 0.219 e. The molecule has 5 heteroatoms. The summed E-state index contributed by atoms with van der Waals surface area (Å²) in [6.45, 7) is 4.55. The van der Waals surface area contributed by atoms with Crippen LogP contribution in [0.2, 0.25) is 0 Å². The van der Waals surface area contributed by atoms with Gasteiger partial charge in [0.05, 0.1) is 18.8 Å². The average Bonchev–Trinajstić information content (AvgIpc) is 2.34. The summed E-state index contributed by atoms with van der Waals surface area (Å²) >= 11 is 0. The van der Waals surface area contributed by atoms with Gasteiger partial charge >= 0.3 is 0 Å². The molecule has 1 rings (SSSR count). The van der Waals surface area contributed by atoms with Crippen LogP contribution in [-0.2, 0) is 9.53 Å². The minimum absolute atomic E-state index is 0.253. The Balaban J connectivity index is 2.16. The van der Waals surface area contributed by atoms with Crippen LogP contribution in [0.15, 0.2) is 0 Å². The number of hydrogen-bond donors (Lipinski definition) is 3. The number of nitrogens with one attached hydrogen (secondary N) is 1. The highest BCUT2D eigenvalue weighted by atomic mass is 16.5. The molecule has 1 aliphatic carbocycles. The Labute approximate surface area is 115 Å². The molecular formula is C14H28N2O3. The lowest BCUT2D eigenvalue weighted by Gasteiger charge is -2.27. The number of primary amides is 1. The fraction of sp³-hybridized carbons (Fsp3) is 0.929. The quantitative estimate of drug-likeness (QED) is 0.614. The van der Waals surface area contributed by atoms with Crippen LogP contribution in [0, 0.1) is 0 Å². The number of β-amino-alcohol motifs (C(OH)–C–C–N with tert-alkyl or cyclic N) is 1. The van der Waals surface area contributed by atoms with E-state index in [-0.39, 0.29) is 12.3 Å². The molecule has 19 heavy (non-hydrogen) atoms. The third kappa shape index (κ3) is 7.50. The average molecular weight is 272 g/mol. The van der Waals surface area contributed by atoms with E-state index < -0.39 is 11.6 Å². The van der Waals surface area contributed by atoms with Gasteiger partial charge in [-0.15, -0.1) is 0 Å². The molecule has 0 heterocycles. The second kappa shape index (κ2) is 7.82. The highest BCUT2D eigenvalue weighted by Gasteiger charge is 2.21. The van der Waals surface area contributed by atoms with E-state index in [0.29, 0.717) is 19.3 Å². The molecule has 0 aromatic rings. The summed E-state index contributed by atoms with van der Waals surface area (Å²) in [6.07, 6.45) is 5.97. The van der Waals surface area contributed by atoms with Crippen molar-refractivity contribution >= 4 is 5.91 Å². The van der Waals surface area contributed by atoms with Gasteiger partial charge in [0.2, 0.25) is 5.91 Å². The molecule has 4 N–H and O–H groups in total. The predicted octanol–water partition coefficient (Wildman–Crippen LogP) is 0.940. The van der Waals surface area contributed by atoms with Crippen LogP contribution in [0.3, 0.4) is 0 Å². The summed E-state index contributed by atoms with van der Waals surface area (Å²) in [7, 11) is 0. The van der Waals surface area contributed by atoms with Crippen LogP contribution < -0.4 is 11.1 Å². The van der Waals surface area contributed by atoms with Crippen LogP contribution in [0.5, 0.6) is 0 Å². The first-order valence-corrected chi connectivity index (χ1v) is 7.22. The Morgan fingerprint density at radius 3 is 2.63 bits per heavy atom. The fourth-order valence-corrected chi connectivity index (χ4v) is 2.43. The zero-order chi connectivity index (χ0) is 14.3. The summed E-state index contributed by atoms with van der Waals surface area (Å²) in [5, 5.41) is 13.0. The molecule has 0 bridgehead atoms. The van der Waals surface area contributed by atoms with E-state index in [4.69, 9.17) is 10.5 Å². The molecule has 0 radical (unpaired) electrons. The monoisotopic (exact) mass is 272 g/mol. The summed E-state index contributed by atoms with van der Waals surface area (Å²) in [5.41, 5.74) is 4.78. The minimum Gasteiger partial charge on any atom is -0.389 e. The molecule has 0 aromatic carbocycles. The maximum absolute atomic E-state index is 10.9. The standard InChI is InChI=1S/C14H28N2O3/c1-14(2,8-13(15)18)16-9-11(17)10-19-12-6-4-3-5-7-12/h11-12,16-17H,3-10H2,1-2H3,(H2,15,18). The Bertz CT molecular complexity index is 276. The molecule has 1 aliphatic rings. The van der Waals surface area contributed by atoms with E-state index in [2.05, 4.69) is 5.32 Å². The molecule has 1 unspecified atom stereocenters. The number of amides is 1. The molecule has 5 nitrogen and oxygen atoms in total. The number of hydrogen-bond acceptors (Lipinski definition) is 4. The van der Waals surface area contributed by atoms with Gasteiger partial charge in [0, 0.05) is 18.5 Å². The van der Waals surface area contributed by atoms with E-state index in [9.17, 15) is 9.90 Å². The molecule has 1 atom stereocenters. The number of carbonyl (C=O) groups is 1. The molecular weight excluding hydrogens is 244 g/mol. The lowest BCUT2D eigenvalue weighted by atomic mass is 9.98. The highest BCUT2D eigenvalue weighted by molar-refractivity contribution is 5.74. The first-order chi connectivity index (χ1) is 8.89. The van der Waals surface area contributed by atoms with Crippen LogP contribution in [0.25, 0.3) is 0 Å². The summed E-state index contributed by atoms with van der Waals surface area (Å²) in [5.74, 6) is -0.342. The zero-order valence-electron chi connectivity index (χ0n) is 12.2. The largest absolute Gasteiger partial charge is 0.389 e. The molecule has 0 aliphatic heterocycles. The number of nitrogens with two attached hydrogens (primary N) is 1. The van der Waals surface area contributed by atoms with Gasteiger partial charge in [-0.3, -0.25) is 4.79 Å². The fourth-order valence-electron chi connectivity index (χ4n) is 2.43. The van der Waals surface area contributed by atoms with Gasteiger partial charge in [0.1, 0.15) is 0 Å². The van der Waals surface area contributed by atoms with Crippen LogP contribution in [0.1, 0.15) is 52.4 Å². The number of rotatable bonds is 8. The lowest BCUT2D eigenvalue weighted by molar-refractivity contribution is -0.119. The van der Waals surface area contributed by atoms with Crippen LogP contribution >= 0.6 is 0 Å². The topological polar surface area (TPSA) is 84.6 Å². The Morgan fingerprint density at radius 1 is 1.42 bits per heavy atom. The van der Waals surface area contributed by atoms with E-state index in [1.165, 1.54) is 19.3 Å². The normalized spacial score (nSPS) is 19.3.